The minimum atomic E-state index is -0.401. The predicted octanol–water partition coefficient (Wildman–Crippen LogP) is 8.98. The average molecular weight is 489 g/mol. The Kier molecular flexibility index (Phi) is 5.74. The molecular formula is C31H49ClO2. The van der Waals surface area contributed by atoms with Crippen LogP contribution < -0.4 is 0 Å². The lowest BCUT2D eigenvalue weighted by Crippen LogP contribution is -2.66. The second-order valence-corrected chi connectivity index (χ2v) is 15.1. The van der Waals surface area contributed by atoms with Gasteiger partial charge in [-0.15, -0.1) is 0 Å². The smallest absolute Gasteiger partial charge is 0.331 e. The Labute approximate surface area is 214 Å². The van der Waals surface area contributed by atoms with Gasteiger partial charge in [-0.3, -0.25) is 0 Å². The van der Waals surface area contributed by atoms with E-state index in [4.69, 9.17) is 16.2 Å². The molecule has 5 aliphatic rings. The molecule has 192 valence electrons. The van der Waals surface area contributed by atoms with Crippen LogP contribution in [0.5, 0.6) is 0 Å². The molecule has 0 bridgehead atoms. The molecule has 0 N–H and O–H groups in total. The van der Waals surface area contributed by atoms with E-state index in [9.17, 15) is 4.79 Å². The fraction of sp³-hybridized carbons (Fsp3) is 0.903. The van der Waals surface area contributed by atoms with Crippen LogP contribution in [0.3, 0.4) is 0 Å². The molecule has 5 aliphatic carbocycles. The summed E-state index contributed by atoms with van der Waals surface area (Å²) in [7, 11) is 0. The standard InChI is InChI=1S/C31H49ClO2/c1-19(2)21-12-16-31(26(33)34-32)18-17-29(7)22(25(21)31)9-10-24-28(6)14-11-20(3)27(4,5)23(28)13-15-30(24,29)8/h20-25H,1,9-18H2,2-8H3/t20-,21-,22+,23-,24+,25+,28-,29+,30+,31-/m0/s1. The second-order valence-electron chi connectivity index (χ2n) is 15.0. The summed E-state index contributed by atoms with van der Waals surface area (Å²) in [5, 5.41) is 0. The predicted molar refractivity (Wildman–Crippen MR) is 140 cm³/mol. The van der Waals surface area contributed by atoms with Crippen molar-refractivity contribution < 1.29 is 9.08 Å². The first-order chi connectivity index (χ1) is 15.8. The lowest BCUT2D eigenvalue weighted by molar-refractivity contribution is -0.242. The van der Waals surface area contributed by atoms with Crippen molar-refractivity contribution in [3.63, 3.8) is 0 Å². The van der Waals surface area contributed by atoms with E-state index in [1.165, 1.54) is 44.1 Å². The molecule has 0 radical (unpaired) electrons. The largest absolute Gasteiger partial charge is 0.347 e. The molecule has 0 unspecified atom stereocenters. The number of halogens is 1. The van der Waals surface area contributed by atoms with E-state index in [-0.39, 0.29) is 11.4 Å². The second kappa shape index (κ2) is 7.75. The number of rotatable bonds is 2. The molecule has 0 aliphatic heterocycles. The summed E-state index contributed by atoms with van der Waals surface area (Å²) >= 11 is 5.78. The van der Waals surface area contributed by atoms with Gasteiger partial charge in [0.2, 0.25) is 0 Å². The molecule has 0 amide bonds. The molecule has 0 spiro atoms. The molecule has 0 aromatic heterocycles. The van der Waals surface area contributed by atoms with Crippen LogP contribution in [0, 0.1) is 62.6 Å². The fourth-order valence-electron chi connectivity index (χ4n) is 11.8. The zero-order valence-corrected chi connectivity index (χ0v) is 23.7. The third-order valence-electron chi connectivity index (χ3n) is 14.1. The highest BCUT2D eigenvalue weighted by atomic mass is 35.5. The molecule has 0 aromatic rings. The summed E-state index contributed by atoms with van der Waals surface area (Å²) in [6.45, 7) is 22.2. The molecule has 5 saturated carbocycles. The Morgan fingerprint density at radius 1 is 0.853 bits per heavy atom. The number of fused-ring (bicyclic) bond motifs is 7. The van der Waals surface area contributed by atoms with Gasteiger partial charge in [0.25, 0.3) is 0 Å². The Balaban J connectivity index is 1.56. The first-order valence-electron chi connectivity index (χ1n) is 14.3. The van der Waals surface area contributed by atoms with Crippen molar-refractivity contribution in [2.45, 2.75) is 113 Å². The van der Waals surface area contributed by atoms with Crippen molar-refractivity contribution in [1.82, 2.24) is 0 Å². The van der Waals surface area contributed by atoms with Crippen molar-refractivity contribution in [3.05, 3.63) is 12.2 Å². The van der Waals surface area contributed by atoms with Gasteiger partial charge in [0.1, 0.15) is 11.9 Å². The molecular weight excluding hydrogens is 440 g/mol. The lowest BCUT2D eigenvalue weighted by Gasteiger charge is -2.73. The van der Waals surface area contributed by atoms with E-state index in [1.807, 2.05) is 0 Å². The van der Waals surface area contributed by atoms with E-state index in [1.54, 1.807) is 0 Å². The van der Waals surface area contributed by atoms with Crippen molar-refractivity contribution >= 4 is 17.8 Å². The van der Waals surface area contributed by atoms with Crippen molar-refractivity contribution in [1.29, 1.82) is 0 Å². The number of carbonyl (C=O) groups is 1. The molecule has 34 heavy (non-hydrogen) atoms. The maximum atomic E-state index is 13.2. The maximum Gasteiger partial charge on any atom is 0.331 e. The first kappa shape index (κ1) is 25.2. The van der Waals surface area contributed by atoms with Crippen molar-refractivity contribution in [2.24, 2.45) is 62.6 Å². The molecule has 0 aromatic carbocycles. The third kappa shape index (κ3) is 2.90. The minimum absolute atomic E-state index is 0.157. The maximum absolute atomic E-state index is 13.2. The van der Waals surface area contributed by atoms with Crippen LogP contribution in [0.25, 0.3) is 0 Å². The van der Waals surface area contributed by atoms with Gasteiger partial charge in [0.05, 0.1) is 5.41 Å². The zero-order chi connectivity index (χ0) is 24.9. The molecule has 0 saturated heterocycles. The van der Waals surface area contributed by atoms with Gasteiger partial charge in [0, 0.05) is 0 Å². The van der Waals surface area contributed by atoms with Gasteiger partial charge in [-0.05, 0) is 128 Å². The summed E-state index contributed by atoms with van der Waals surface area (Å²) in [4.78, 5) is 13.2. The summed E-state index contributed by atoms with van der Waals surface area (Å²) in [6, 6.07) is 0. The Morgan fingerprint density at radius 3 is 2.21 bits per heavy atom. The van der Waals surface area contributed by atoms with E-state index in [0.29, 0.717) is 34.0 Å². The third-order valence-corrected chi connectivity index (χ3v) is 14.2. The number of carbonyl (C=O) groups excluding carboxylic acids is 1. The van der Waals surface area contributed by atoms with Gasteiger partial charge < -0.3 is 4.29 Å². The topological polar surface area (TPSA) is 26.3 Å². The fourth-order valence-corrected chi connectivity index (χ4v) is 11.9. The monoisotopic (exact) mass is 488 g/mol. The molecule has 5 fully saturated rings. The van der Waals surface area contributed by atoms with Crippen LogP contribution in [0.4, 0.5) is 0 Å². The molecule has 2 nitrogen and oxygen atoms in total. The lowest BCUT2D eigenvalue weighted by atomic mass is 9.32. The summed E-state index contributed by atoms with van der Waals surface area (Å²) in [5.41, 5.74) is 2.30. The highest BCUT2D eigenvalue weighted by Crippen LogP contribution is 2.77. The number of hydrogen-bond donors (Lipinski definition) is 0. The van der Waals surface area contributed by atoms with E-state index < -0.39 is 5.41 Å². The minimum Gasteiger partial charge on any atom is -0.347 e. The van der Waals surface area contributed by atoms with Crippen LogP contribution in [-0.2, 0) is 9.08 Å². The van der Waals surface area contributed by atoms with Gasteiger partial charge in [-0.1, -0.05) is 53.7 Å². The van der Waals surface area contributed by atoms with Crippen LogP contribution in [-0.4, -0.2) is 5.97 Å². The quantitative estimate of drug-likeness (QED) is 0.362. The number of allylic oxidation sites excluding steroid dienone is 1. The van der Waals surface area contributed by atoms with Gasteiger partial charge in [0.15, 0.2) is 0 Å². The zero-order valence-electron chi connectivity index (χ0n) is 22.9. The van der Waals surface area contributed by atoms with E-state index in [0.717, 1.165) is 43.4 Å². The highest BCUT2D eigenvalue weighted by Gasteiger charge is 2.72. The van der Waals surface area contributed by atoms with Crippen LogP contribution in [0.2, 0.25) is 0 Å². The van der Waals surface area contributed by atoms with Crippen LogP contribution >= 0.6 is 11.9 Å². The van der Waals surface area contributed by atoms with Gasteiger partial charge >= 0.3 is 5.97 Å². The number of hydrogen-bond acceptors (Lipinski definition) is 2. The summed E-state index contributed by atoms with van der Waals surface area (Å²) in [5.74, 6) is 3.57. The van der Waals surface area contributed by atoms with Crippen molar-refractivity contribution in [2.75, 3.05) is 0 Å². The summed E-state index contributed by atoms with van der Waals surface area (Å²) in [6.07, 6.45) is 12.1. The van der Waals surface area contributed by atoms with Gasteiger partial charge in [-0.2, -0.15) is 0 Å². The normalized spacial score (nSPS) is 53.6. The highest BCUT2D eigenvalue weighted by molar-refractivity contribution is 6.13. The van der Waals surface area contributed by atoms with E-state index in [2.05, 4.69) is 55.0 Å². The van der Waals surface area contributed by atoms with Crippen LogP contribution in [0.15, 0.2) is 12.2 Å². The first-order valence-corrected chi connectivity index (χ1v) is 14.6. The Hall–Kier alpha value is -0.500. The molecule has 5 rings (SSSR count). The summed E-state index contributed by atoms with van der Waals surface area (Å²) < 4.78 is 4.99. The molecule has 3 heteroatoms. The molecule has 10 atom stereocenters. The average Bonchev–Trinajstić information content (AvgIpc) is 3.18. The SMILES string of the molecule is C=C(C)[C@@H]1CC[C@]2(C(=O)OCl)CC[C@]3(C)[C@H](CC[C@@H]4[C@@]5(C)CC[C@H](C)C(C)(C)[C@@H]5CC[C@]43C)[C@@H]12. The van der Waals surface area contributed by atoms with Crippen molar-refractivity contribution in [3.8, 4) is 0 Å². The van der Waals surface area contributed by atoms with Crippen LogP contribution in [0.1, 0.15) is 113 Å². The van der Waals surface area contributed by atoms with Gasteiger partial charge in [-0.25, -0.2) is 4.79 Å². The Bertz CT molecular complexity index is 879. The molecule has 0 heterocycles. The van der Waals surface area contributed by atoms with E-state index >= 15 is 0 Å². The Morgan fingerprint density at radius 2 is 1.56 bits per heavy atom.